The number of aryl methyl sites for hydroxylation is 1. The Morgan fingerprint density at radius 2 is 2.38 bits per heavy atom. The lowest BCUT2D eigenvalue weighted by molar-refractivity contribution is 0.0918. The van der Waals surface area contributed by atoms with Crippen molar-refractivity contribution in [3.8, 4) is 0 Å². The van der Waals surface area contributed by atoms with Gasteiger partial charge < -0.3 is 15.1 Å². The summed E-state index contributed by atoms with van der Waals surface area (Å²) in [7, 11) is 0. The molecule has 1 unspecified atom stereocenters. The Morgan fingerprint density at radius 1 is 1.52 bits per heavy atom. The normalized spacial score (nSPS) is 18.9. The van der Waals surface area contributed by atoms with Crippen molar-refractivity contribution in [2.24, 2.45) is 5.92 Å². The Hall–Kier alpha value is -1.52. The van der Waals surface area contributed by atoms with Gasteiger partial charge in [0.2, 0.25) is 0 Å². The van der Waals surface area contributed by atoms with Crippen LogP contribution in [0.1, 0.15) is 29.0 Å². The molecule has 112 valence electrons. The van der Waals surface area contributed by atoms with Crippen molar-refractivity contribution in [2.45, 2.75) is 19.8 Å². The molecule has 0 radical (unpaired) electrons. The van der Waals surface area contributed by atoms with Gasteiger partial charge in [-0.1, -0.05) is 23.7 Å². The number of benzene rings is 1. The van der Waals surface area contributed by atoms with Crippen LogP contribution in [0.2, 0.25) is 5.02 Å². The van der Waals surface area contributed by atoms with Crippen LogP contribution in [-0.4, -0.2) is 25.5 Å². The Balaban J connectivity index is 1.75. The van der Waals surface area contributed by atoms with E-state index in [0.29, 0.717) is 28.8 Å². The summed E-state index contributed by atoms with van der Waals surface area (Å²) in [4.78, 5) is 12.3. The summed E-state index contributed by atoms with van der Waals surface area (Å²) in [5.74, 6) is 0.697. The maximum atomic E-state index is 12.3. The van der Waals surface area contributed by atoms with Crippen LogP contribution >= 0.6 is 11.6 Å². The predicted octanol–water partition coefficient (Wildman–Crippen LogP) is 3.12. The van der Waals surface area contributed by atoms with Crippen LogP contribution in [-0.2, 0) is 0 Å². The van der Waals surface area contributed by atoms with Crippen molar-refractivity contribution in [2.75, 3.05) is 19.6 Å². The number of halogens is 1. The summed E-state index contributed by atoms with van der Waals surface area (Å²) in [6.45, 7) is 4.60. The number of piperidine rings is 1. The zero-order valence-electron chi connectivity index (χ0n) is 12.0. The molecule has 0 aliphatic carbocycles. The molecule has 1 aliphatic heterocycles. The molecule has 1 atom stereocenters. The summed E-state index contributed by atoms with van der Waals surface area (Å²) < 4.78 is 5.67. The Kier molecular flexibility index (Phi) is 4.17. The molecule has 4 nitrogen and oxygen atoms in total. The smallest absolute Gasteiger partial charge is 0.287 e. The van der Waals surface area contributed by atoms with Crippen molar-refractivity contribution in [3.63, 3.8) is 0 Å². The van der Waals surface area contributed by atoms with Crippen LogP contribution in [0.25, 0.3) is 11.0 Å². The minimum atomic E-state index is -0.162. The molecular weight excluding hydrogens is 288 g/mol. The summed E-state index contributed by atoms with van der Waals surface area (Å²) in [6, 6.07) is 5.55. The molecule has 1 fully saturated rings. The highest BCUT2D eigenvalue weighted by Crippen LogP contribution is 2.30. The van der Waals surface area contributed by atoms with Gasteiger partial charge in [-0.25, -0.2) is 0 Å². The molecule has 1 aliphatic rings. The first-order chi connectivity index (χ1) is 10.2. The van der Waals surface area contributed by atoms with Gasteiger partial charge in [-0.15, -0.1) is 0 Å². The highest BCUT2D eigenvalue weighted by atomic mass is 35.5. The zero-order chi connectivity index (χ0) is 14.8. The lowest BCUT2D eigenvalue weighted by Crippen LogP contribution is -2.38. The maximum absolute atomic E-state index is 12.3. The van der Waals surface area contributed by atoms with Gasteiger partial charge in [-0.2, -0.15) is 0 Å². The first-order valence-electron chi connectivity index (χ1n) is 7.33. The number of carbonyl (C=O) groups is 1. The van der Waals surface area contributed by atoms with Crippen LogP contribution in [0, 0.1) is 12.8 Å². The van der Waals surface area contributed by atoms with E-state index in [1.165, 1.54) is 6.42 Å². The summed E-state index contributed by atoms with van der Waals surface area (Å²) in [5.41, 5.74) is 1.42. The molecule has 1 saturated heterocycles. The molecule has 0 spiro atoms. The van der Waals surface area contributed by atoms with Crippen LogP contribution in [0.5, 0.6) is 0 Å². The lowest BCUT2D eigenvalue weighted by atomic mass is 10.00. The van der Waals surface area contributed by atoms with Gasteiger partial charge in [0.15, 0.2) is 11.3 Å². The number of rotatable bonds is 3. The predicted molar refractivity (Wildman–Crippen MR) is 83.9 cm³/mol. The van der Waals surface area contributed by atoms with E-state index in [4.69, 9.17) is 16.0 Å². The van der Waals surface area contributed by atoms with Crippen LogP contribution in [0.3, 0.4) is 0 Å². The second-order valence-electron chi connectivity index (χ2n) is 5.60. The van der Waals surface area contributed by atoms with Gasteiger partial charge in [-0.3, -0.25) is 4.79 Å². The van der Waals surface area contributed by atoms with Crippen molar-refractivity contribution in [3.05, 3.63) is 34.5 Å². The van der Waals surface area contributed by atoms with Crippen molar-refractivity contribution < 1.29 is 9.21 Å². The quantitative estimate of drug-likeness (QED) is 0.916. The van der Waals surface area contributed by atoms with E-state index in [0.717, 1.165) is 30.5 Å². The minimum Gasteiger partial charge on any atom is -0.449 e. The highest BCUT2D eigenvalue weighted by molar-refractivity contribution is 6.35. The monoisotopic (exact) mass is 306 g/mol. The number of para-hydroxylation sites is 1. The molecule has 2 N–H and O–H groups in total. The van der Waals surface area contributed by atoms with Gasteiger partial charge in [-0.05, 0) is 44.8 Å². The fourth-order valence-corrected chi connectivity index (χ4v) is 3.05. The van der Waals surface area contributed by atoms with Gasteiger partial charge >= 0.3 is 0 Å². The molecule has 21 heavy (non-hydrogen) atoms. The second-order valence-corrected chi connectivity index (χ2v) is 6.00. The van der Waals surface area contributed by atoms with Gasteiger partial charge in [0, 0.05) is 17.5 Å². The van der Waals surface area contributed by atoms with E-state index in [2.05, 4.69) is 10.6 Å². The number of amides is 1. The van der Waals surface area contributed by atoms with Crippen LogP contribution < -0.4 is 10.6 Å². The molecule has 3 rings (SSSR count). The summed E-state index contributed by atoms with van der Waals surface area (Å²) in [5, 5.41) is 7.75. The Morgan fingerprint density at radius 3 is 3.10 bits per heavy atom. The molecule has 2 heterocycles. The fourth-order valence-electron chi connectivity index (χ4n) is 2.84. The number of carbonyl (C=O) groups excluding carboxylic acids is 1. The van der Waals surface area contributed by atoms with Crippen molar-refractivity contribution in [1.29, 1.82) is 0 Å². The largest absolute Gasteiger partial charge is 0.449 e. The number of hydrogen-bond donors (Lipinski definition) is 2. The number of fused-ring (bicyclic) bond motifs is 1. The van der Waals surface area contributed by atoms with Gasteiger partial charge in [0.25, 0.3) is 5.91 Å². The molecule has 1 aromatic heterocycles. The molecule has 1 amide bonds. The summed E-state index contributed by atoms with van der Waals surface area (Å²) in [6.07, 6.45) is 2.32. The number of furan rings is 1. The Bertz CT molecular complexity index is 660. The van der Waals surface area contributed by atoms with Crippen molar-refractivity contribution in [1.82, 2.24) is 10.6 Å². The van der Waals surface area contributed by atoms with E-state index >= 15 is 0 Å². The third-order valence-corrected chi connectivity index (χ3v) is 4.37. The summed E-state index contributed by atoms with van der Waals surface area (Å²) >= 11 is 6.11. The molecule has 1 aromatic carbocycles. The zero-order valence-corrected chi connectivity index (χ0v) is 12.8. The number of nitrogens with one attached hydrogen (secondary N) is 2. The second kappa shape index (κ2) is 6.08. The van der Waals surface area contributed by atoms with E-state index < -0.39 is 0 Å². The average Bonchev–Trinajstić information content (AvgIpc) is 2.85. The first-order valence-corrected chi connectivity index (χ1v) is 7.71. The third kappa shape index (κ3) is 2.92. The molecule has 5 heteroatoms. The van der Waals surface area contributed by atoms with E-state index in [1.54, 1.807) is 6.07 Å². The van der Waals surface area contributed by atoms with Gasteiger partial charge in [0.1, 0.15) is 0 Å². The van der Waals surface area contributed by atoms with E-state index in [1.807, 2.05) is 19.1 Å². The lowest BCUT2D eigenvalue weighted by Gasteiger charge is -2.22. The SMILES string of the molecule is Cc1c(C(=O)NCC2CCCNC2)oc2c(Cl)cccc12. The molecular formula is C16H19ClN2O2. The van der Waals surface area contributed by atoms with E-state index in [-0.39, 0.29) is 5.91 Å². The standard InChI is InChI=1S/C16H19ClN2O2/c1-10-12-5-2-6-13(17)15(12)21-14(10)16(20)19-9-11-4-3-7-18-8-11/h2,5-6,11,18H,3-4,7-9H2,1H3,(H,19,20). The molecule has 0 saturated carbocycles. The molecule has 0 bridgehead atoms. The van der Waals surface area contributed by atoms with Crippen molar-refractivity contribution >= 4 is 28.5 Å². The maximum Gasteiger partial charge on any atom is 0.287 e. The fraction of sp³-hybridized carbons (Fsp3) is 0.438. The van der Waals surface area contributed by atoms with Crippen LogP contribution in [0.15, 0.2) is 22.6 Å². The third-order valence-electron chi connectivity index (χ3n) is 4.07. The number of hydrogen-bond acceptors (Lipinski definition) is 3. The van der Waals surface area contributed by atoms with Gasteiger partial charge in [0.05, 0.1) is 5.02 Å². The first kappa shape index (κ1) is 14.4. The topological polar surface area (TPSA) is 54.3 Å². The molecule has 2 aromatic rings. The average molecular weight is 307 g/mol. The minimum absolute atomic E-state index is 0.162. The van der Waals surface area contributed by atoms with Crippen LogP contribution in [0.4, 0.5) is 0 Å². The Labute approximate surface area is 128 Å². The highest BCUT2D eigenvalue weighted by Gasteiger charge is 2.20. The van der Waals surface area contributed by atoms with E-state index in [9.17, 15) is 4.79 Å².